The van der Waals surface area contributed by atoms with Crippen LogP contribution in [0.4, 0.5) is 0 Å². The fraction of sp³-hybridized carbons (Fsp3) is 0.0769. The molecule has 0 aliphatic heterocycles. The van der Waals surface area contributed by atoms with Gasteiger partial charge in [-0.25, -0.2) is 0 Å². The first-order chi connectivity index (χ1) is 8.49. The van der Waals surface area contributed by atoms with E-state index in [0.717, 1.165) is 15.6 Å². The summed E-state index contributed by atoms with van der Waals surface area (Å²) in [7, 11) is 0. The van der Waals surface area contributed by atoms with Crippen molar-refractivity contribution in [1.82, 2.24) is 0 Å². The van der Waals surface area contributed by atoms with Gasteiger partial charge in [-0.15, -0.1) is 11.6 Å². The lowest BCUT2D eigenvalue weighted by molar-refractivity contribution is 1.14. The summed E-state index contributed by atoms with van der Waals surface area (Å²) in [6.45, 7) is 0. The minimum absolute atomic E-state index is 0.314. The molecule has 2 aromatic rings. The molecule has 5 heteroatoms. The van der Waals surface area contributed by atoms with Crippen molar-refractivity contribution in [3.63, 3.8) is 0 Å². The van der Waals surface area contributed by atoms with Crippen LogP contribution in [0.25, 0.3) is 0 Å². The van der Waals surface area contributed by atoms with E-state index in [1.807, 2.05) is 24.3 Å². The highest BCUT2D eigenvalue weighted by Gasteiger charge is 2.13. The van der Waals surface area contributed by atoms with Crippen LogP contribution in [0.5, 0.6) is 0 Å². The zero-order valence-electron chi connectivity index (χ0n) is 8.93. The Morgan fingerprint density at radius 3 is 1.89 bits per heavy atom. The van der Waals surface area contributed by atoms with Crippen LogP contribution in [0.15, 0.2) is 40.9 Å². The van der Waals surface area contributed by atoms with Crippen molar-refractivity contribution in [2.75, 3.05) is 0 Å². The number of benzene rings is 2. The zero-order valence-corrected chi connectivity index (χ0v) is 13.5. The second-order valence-electron chi connectivity index (χ2n) is 3.71. The van der Waals surface area contributed by atoms with Crippen molar-refractivity contribution >= 4 is 62.3 Å². The Bertz CT molecular complexity index is 532. The molecule has 0 nitrogen and oxygen atoms in total. The third-order valence-electron chi connectivity index (χ3n) is 2.47. The number of alkyl halides is 1. The molecule has 2 rings (SSSR count). The highest BCUT2D eigenvalue weighted by Crippen LogP contribution is 2.35. The van der Waals surface area contributed by atoms with Crippen LogP contribution in [0.3, 0.4) is 0 Å². The van der Waals surface area contributed by atoms with E-state index in [-0.39, 0.29) is 5.38 Å². The molecule has 0 radical (unpaired) electrons. The van der Waals surface area contributed by atoms with Gasteiger partial charge in [-0.05, 0) is 51.3 Å². The summed E-state index contributed by atoms with van der Waals surface area (Å²) in [5, 5.41) is 1.31. The Kier molecular flexibility index (Phi) is 4.85. The molecule has 0 saturated heterocycles. The minimum Gasteiger partial charge on any atom is -0.113 e. The highest BCUT2D eigenvalue weighted by atomic mass is 79.9. The fourth-order valence-electron chi connectivity index (χ4n) is 1.53. The molecule has 0 amide bonds. The minimum atomic E-state index is -0.314. The molecule has 0 aromatic heterocycles. The molecule has 2 aromatic carbocycles. The Labute approximate surface area is 134 Å². The lowest BCUT2D eigenvalue weighted by Crippen LogP contribution is -1.93. The van der Waals surface area contributed by atoms with Gasteiger partial charge >= 0.3 is 0 Å². The summed E-state index contributed by atoms with van der Waals surface area (Å²) in [5.41, 5.74) is 1.78. The predicted molar refractivity (Wildman–Crippen MR) is 83.3 cm³/mol. The van der Waals surface area contributed by atoms with Gasteiger partial charge in [-0.2, -0.15) is 0 Å². The monoisotopic (exact) mass is 382 g/mol. The van der Waals surface area contributed by atoms with Crippen molar-refractivity contribution in [3.05, 3.63) is 67.1 Å². The van der Waals surface area contributed by atoms with E-state index in [0.29, 0.717) is 15.1 Å². The van der Waals surface area contributed by atoms with E-state index in [9.17, 15) is 0 Å². The third kappa shape index (κ3) is 3.15. The number of hydrogen-bond acceptors (Lipinski definition) is 0. The predicted octanol–water partition coefficient (Wildman–Crippen LogP) is 6.74. The van der Waals surface area contributed by atoms with Gasteiger partial charge in [0, 0.05) is 4.47 Å². The van der Waals surface area contributed by atoms with Gasteiger partial charge in [-0.1, -0.05) is 46.9 Å². The van der Waals surface area contributed by atoms with E-state index in [1.54, 1.807) is 12.1 Å². The average molecular weight is 385 g/mol. The fourth-order valence-corrected chi connectivity index (χ4v) is 2.55. The molecule has 18 heavy (non-hydrogen) atoms. The van der Waals surface area contributed by atoms with Gasteiger partial charge in [0.2, 0.25) is 0 Å². The molecular formula is C13H7BrCl4. The van der Waals surface area contributed by atoms with Crippen LogP contribution in [0.1, 0.15) is 16.5 Å². The molecule has 0 fully saturated rings. The van der Waals surface area contributed by atoms with Crippen molar-refractivity contribution < 1.29 is 0 Å². The van der Waals surface area contributed by atoms with Crippen LogP contribution in [-0.2, 0) is 0 Å². The number of hydrogen-bond donors (Lipinski definition) is 0. The largest absolute Gasteiger partial charge is 0.113 e. The van der Waals surface area contributed by atoms with Crippen LogP contribution < -0.4 is 0 Å². The Morgan fingerprint density at radius 2 is 1.33 bits per heavy atom. The van der Waals surface area contributed by atoms with Gasteiger partial charge in [0.1, 0.15) is 0 Å². The average Bonchev–Trinajstić information content (AvgIpc) is 2.35. The Hall–Kier alpha value is 0.0800. The van der Waals surface area contributed by atoms with Crippen LogP contribution in [-0.4, -0.2) is 0 Å². The quantitative estimate of drug-likeness (QED) is 0.503. The SMILES string of the molecule is Clc1ccc(C(Cl)c2ccc(Br)c(Cl)c2)cc1Cl. The van der Waals surface area contributed by atoms with Gasteiger partial charge in [0.05, 0.1) is 20.4 Å². The summed E-state index contributed by atoms with van der Waals surface area (Å²) in [5.74, 6) is 0. The maximum Gasteiger partial charge on any atom is 0.0836 e. The molecule has 94 valence electrons. The molecular weight excluding hydrogens is 378 g/mol. The molecule has 0 aliphatic carbocycles. The van der Waals surface area contributed by atoms with E-state index in [4.69, 9.17) is 46.4 Å². The lowest BCUT2D eigenvalue weighted by atomic mass is 10.0. The maximum atomic E-state index is 6.40. The number of halogens is 5. The molecule has 1 unspecified atom stereocenters. The van der Waals surface area contributed by atoms with E-state index < -0.39 is 0 Å². The van der Waals surface area contributed by atoms with Gasteiger partial charge in [-0.3, -0.25) is 0 Å². The molecule has 0 N–H and O–H groups in total. The second kappa shape index (κ2) is 6.02. The molecule has 1 atom stereocenters. The lowest BCUT2D eigenvalue weighted by Gasteiger charge is -2.12. The van der Waals surface area contributed by atoms with Crippen molar-refractivity contribution in [2.24, 2.45) is 0 Å². The summed E-state index contributed by atoms with van der Waals surface area (Å²) in [6, 6.07) is 10.9. The summed E-state index contributed by atoms with van der Waals surface area (Å²) in [6.07, 6.45) is 0. The first-order valence-corrected chi connectivity index (χ1v) is 7.39. The van der Waals surface area contributed by atoms with Gasteiger partial charge < -0.3 is 0 Å². The van der Waals surface area contributed by atoms with Crippen molar-refractivity contribution in [1.29, 1.82) is 0 Å². The summed E-state index contributed by atoms with van der Waals surface area (Å²) >= 11 is 27.6. The first kappa shape index (κ1) is 14.5. The molecule has 0 heterocycles. The van der Waals surface area contributed by atoms with Crippen LogP contribution in [0.2, 0.25) is 15.1 Å². The topological polar surface area (TPSA) is 0 Å². The second-order valence-corrected chi connectivity index (χ2v) is 6.22. The van der Waals surface area contributed by atoms with Crippen molar-refractivity contribution in [3.8, 4) is 0 Å². The summed E-state index contributed by atoms with van der Waals surface area (Å²) < 4.78 is 0.839. The summed E-state index contributed by atoms with van der Waals surface area (Å²) in [4.78, 5) is 0. The maximum absolute atomic E-state index is 6.40. The highest BCUT2D eigenvalue weighted by molar-refractivity contribution is 9.10. The third-order valence-corrected chi connectivity index (χ3v) is 4.95. The normalized spacial score (nSPS) is 12.5. The smallest absolute Gasteiger partial charge is 0.0836 e. The molecule has 0 aliphatic rings. The Balaban J connectivity index is 2.37. The van der Waals surface area contributed by atoms with E-state index in [1.165, 1.54) is 0 Å². The number of rotatable bonds is 2. The van der Waals surface area contributed by atoms with Crippen molar-refractivity contribution in [2.45, 2.75) is 5.38 Å². The van der Waals surface area contributed by atoms with E-state index in [2.05, 4.69) is 15.9 Å². The van der Waals surface area contributed by atoms with Gasteiger partial charge in [0.15, 0.2) is 0 Å². The van der Waals surface area contributed by atoms with E-state index >= 15 is 0 Å². The molecule has 0 spiro atoms. The first-order valence-electron chi connectivity index (χ1n) is 5.03. The Morgan fingerprint density at radius 1 is 0.778 bits per heavy atom. The zero-order chi connectivity index (χ0) is 13.3. The van der Waals surface area contributed by atoms with Crippen LogP contribution >= 0.6 is 62.3 Å². The van der Waals surface area contributed by atoms with Gasteiger partial charge in [0.25, 0.3) is 0 Å². The van der Waals surface area contributed by atoms with Crippen LogP contribution in [0, 0.1) is 0 Å². The molecule has 0 bridgehead atoms. The molecule has 0 saturated carbocycles. The standard InChI is InChI=1S/C13H7BrCl4/c14-9-3-1-7(5-11(9)16)13(18)8-2-4-10(15)12(17)6-8/h1-6,13H.